The second kappa shape index (κ2) is 10.7. The molecule has 5 aliphatic rings. The molecule has 4 aromatic rings. The summed E-state index contributed by atoms with van der Waals surface area (Å²) in [5.41, 5.74) is 17.5. The van der Waals surface area contributed by atoms with E-state index in [2.05, 4.69) is 122 Å². The zero-order valence-electron chi connectivity index (χ0n) is 30.8. The van der Waals surface area contributed by atoms with Gasteiger partial charge in [-0.15, -0.1) is 0 Å². The predicted octanol–water partition coefficient (Wildman–Crippen LogP) is 12.8. The van der Waals surface area contributed by atoms with Crippen LogP contribution in [-0.4, -0.2) is 0 Å². The molecule has 4 atom stereocenters. The summed E-state index contributed by atoms with van der Waals surface area (Å²) in [4.78, 5) is 0. The molecule has 5 aliphatic carbocycles. The van der Waals surface area contributed by atoms with E-state index in [1.165, 1.54) is 59.7 Å². The van der Waals surface area contributed by atoms with Crippen molar-refractivity contribution in [3.05, 3.63) is 106 Å². The van der Waals surface area contributed by atoms with E-state index in [9.17, 15) is 0 Å². The molecule has 2 fully saturated rings. The van der Waals surface area contributed by atoms with Gasteiger partial charge in [-0.3, -0.25) is 0 Å². The monoisotopic (exact) mass is 632 g/mol. The summed E-state index contributed by atoms with van der Waals surface area (Å²) in [6.45, 7) is 20.0. The van der Waals surface area contributed by atoms with Crippen LogP contribution >= 0.6 is 0 Å². The molecule has 2 saturated carbocycles. The van der Waals surface area contributed by atoms with Crippen LogP contribution in [0.5, 0.6) is 0 Å². The molecule has 1 spiro atoms. The Morgan fingerprint density at radius 1 is 0.729 bits per heavy atom. The van der Waals surface area contributed by atoms with E-state index in [1.807, 2.05) is 0 Å². The minimum atomic E-state index is -0.0314. The molecule has 4 unspecified atom stereocenters. The number of fused-ring (bicyclic) bond motifs is 12. The lowest BCUT2D eigenvalue weighted by Gasteiger charge is -2.67. The van der Waals surface area contributed by atoms with Gasteiger partial charge in [0.15, 0.2) is 0 Å². The molecule has 0 heteroatoms. The zero-order chi connectivity index (χ0) is 33.3. The standard InChI is InChI=1S/C48H56/c1-27(2)24-30-18-20-35-33(25-30)19-21-37-41-39(23-22-36-38-26-32-16-12-13-17-34(32)44(38)47(7,8)46(36)41)48(45(35)37)42(29(5)6)40(28(3)4)43(48)31-14-10-9-11-15-31/h12-13,16-23,25,27-29,31,40,42-43H,9-11,14-15,24,26H2,1-8H3. The molecule has 0 N–H and O–H groups in total. The Morgan fingerprint density at radius 2 is 1.48 bits per heavy atom. The Hall–Kier alpha value is -3.12. The van der Waals surface area contributed by atoms with E-state index in [0.29, 0.717) is 29.6 Å². The highest BCUT2D eigenvalue weighted by Gasteiger charge is 2.69. The van der Waals surface area contributed by atoms with Gasteiger partial charge >= 0.3 is 0 Å². The highest BCUT2D eigenvalue weighted by atomic mass is 14.7. The molecule has 9 rings (SSSR count). The summed E-state index contributed by atoms with van der Waals surface area (Å²) >= 11 is 0. The summed E-state index contributed by atoms with van der Waals surface area (Å²) in [5, 5.41) is 3.00. The van der Waals surface area contributed by atoms with Gasteiger partial charge in [0.05, 0.1) is 0 Å². The smallest absolute Gasteiger partial charge is 0.0288 e. The van der Waals surface area contributed by atoms with Crippen LogP contribution in [-0.2, 0) is 23.7 Å². The number of allylic oxidation sites excluding steroid dienone is 2. The third-order valence-electron chi connectivity index (χ3n) is 14.1. The summed E-state index contributed by atoms with van der Waals surface area (Å²) in [5.74, 6) is 4.91. The average Bonchev–Trinajstić information content (AvgIpc) is 3.65. The van der Waals surface area contributed by atoms with Crippen molar-refractivity contribution in [1.82, 2.24) is 0 Å². The number of hydrogen-bond acceptors (Lipinski definition) is 0. The molecule has 0 saturated heterocycles. The normalized spacial score (nSPS) is 26.8. The third-order valence-corrected chi connectivity index (χ3v) is 14.1. The highest BCUT2D eigenvalue weighted by Crippen LogP contribution is 2.75. The second-order valence-electron chi connectivity index (χ2n) is 18.2. The molecule has 0 nitrogen and oxygen atoms in total. The fraction of sp³-hybridized carbons (Fsp3) is 0.500. The first-order valence-electron chi connectivity index (χ1n) is 19.6. The van der Waals surface area contributed by atoms with Crippen LogP contribution in [0.3, 0.4) is 0 Å². The van der Waals surface area contributed by atoms with Gasteiger partial charge in [0.25, 0.3) is 0 Å². The minimum absolute atomic E-state index is 0.0314. The number of rotatable bonds is 5. The fourth-order valence-corrected chi connectivity index (χ4v) is 12.9. The van der Waals surface area contributed by atoms with Crippen LogP contribution < -0.4 is 0 Å². The maximum absolute atomic E-state index is 2.68. The molecule has 0 aliphatic heterocycles. The van der Waals surface area contributed by atoms with Crippen molar-refractivity contribution >= 4 is 21.9 Å². The Morgan fingerprint density at radius 3 is 2.21 bits per heavy atom. The van der Waals surface area contributed by atoms with Crippen molar-refractivity contribution in [2.75, 3.05) is 0 Å². The molecule has 248 valence electrons. The van der Waals surface area contributed by atoms with Crippen LogP contribution in [0.1, 0.15) is 126 Å². The SMILES string of the molecule is CC(C)Cc1ccc2c3c(ccc2c1)-c1c(ccc2c1C(C)(C)C1=C2Cc2ccccc21)C31C(C(C)C)C(C(C)C)C1C1CCCCC1. The average molecular weight is 633 g/mol. The summed E-state index contributed by atoms with van der Waals surface area (Å²) in [6, 6.07) is 27.2. The minimum Gasteiger partial charge on any atom is -0.0625 e. The molecule has 0 aromatic heterocycles. The molecule has 0 bridgehead atoms. The summed E-state index contributed by atoms with van der Waals surface area (Å²) in [7, 11) is 0. The van der Waals surface area contributed by atoms with Crippen LogP contribution in [0, 0.1) is 41.4 Å². The Kier molecular flexibility index (Phi) is 6.88. The molecule has 4 aromatic carbocycles. The van der Waals surface area contributed by atoms with Gasteiger partial charge in [0.2, 0.25) is 0 Å². The van der Waals surface area contributed by atoms with Gasteiger partial charge < -0.3 is 0 Å². The van der Waals surface area contributed by atoms with Crippen LogP contribution in [0.15, 0.2) is 66.7 Å². The molecule has 0 radical (unpaired) electrons. The van der Waals surface area contributed by atoms with Crippen LogP contribution in [0.4, 0.5) is 0 Å². The van der Waals surface area contributed by atoms with E-state index in [1.54, 1.807) is 44.3 Å². The van der Waals surface area contributed by atoms with Crippen molar-refractivity contribution in [3.8, 4) is 11.1 Å². The molecule has 0 amide bonds. The van der Waals surface area contributed by atoms with Crippen molar-refractivity contribution in [3.63, 3.8) is 0 Å². The van der Waals surface area contributed by atoms with E-state index >= 15 is 0 Å². The molecular weight excluding hydrogens is 577 g/mol. The van der Waals surface area contributed by atoms with Crippen molar-refractivity contribution in [2.45, 2.75) is 111 Å². The number of hydrogen-bond donors (Lipinski definition) is 0. The molecular formula is C48H56. The van der Waals surface area contributed by atoms with Crippen molar-refractivity contribution in [1.29, 1.82) is 0 Å². The van der Waals surface area contributed by atoms with Gasteiger partial charge in [-0.25, -0.2) is 0 Å². The lowest BCUT2D eigenvalue weighted by Crippen LogP contribution is -2.65. The molecule has 48 heavy (non-hydrogen) atoms. The predicted molar refractivity (Wildman–Crippen MR) is 205 cm³/mol. The summed E-state index contributed by atoms with van der Waals surface area (Å²) < 4.78 is 0. The van der Waals surface area contributed by atoms with Gasteiger partial charge in [0, 0.05) is 10.8 Å². The molecule has 0 heterocycles. The first kappa shape index (κ1) is 30.9. The maximum atomic E-state index is 2.68. The Balaban J connectivity index is 1.36. The maximum Gasteiger partial charge on any atom is 0.0288 e. The highest BCUT2D eigenvalue weighted by molar-refractivity contribution is 6.10. The Labute approximate surface area is 290 Å². The van der Waals surface area contributed by atoms with E-state index in [4.69, 9.17) is 0 Å². The van der Waals surface area contributed by atoms with Crippen molar-refractivity contribution in [2.24, 2.45) is 41.4 Å². The summed E-state index contributed by atoms with van der Waals surface area (Å²) in [6.07, 6.45) is 9.29. The van der Waals surface area contributed by atoms with E-state index in [0.717, 1.165) is 24.7 Å². The van der Waals surface area contributed by atoms with Crippen LogP contribution in [0.2, 0.25) is 0 Å². The zero-order valence-corrected chi connectivity index (χ0v) is 30.8. The topological polar surface area (TPSA) is 0 Å². The van der Waals surface area contributed by atoms with Gasteiger partial charge in [0.1, 0.15) is 0 Å². The van der Waals surface area contributed by atoms with Gasteiger partial charge in [-0.1, -0.05) is 154 Å². The van der Waals surface area contributed by atoms with E-state index < -0.39 is 0 Å². The Bertz CT molecular complexity index is 1990. The second-order valence-corrected chi connectivity index (χ2v) is 18.2. The number of benzene rings is 4. The van der Waals surface area contributed by atoms with Gasteiger partial charge in [-0.2, -0.15) is 0 Å². The first-order chi connectivity index (χ1) is 23.1. The lowest BCUT2D eigenvalue weighted by atomic mass is 9.36. The first-order valence-corrected chi connectivity index (χ1v) is 19.6. The lowest BCUT2D eigenvalue weighted by molar-refractivity contribution is -0.118. The third kappa shape index (κ3) is 3.90. The fourth-order valence-electron chi connectivity index (χ4n) is 12.9. The quantitative estimate of drug-likeness (QED) is 0.205. The largest absolute Gasteiger partial charge is 0.0625 e. The van der Waals surface area contributed by atoms with Gasteiger partial charge in [-0.05, 0) is 126 Å². The van der Waals surface area contributed by atoms with E-state index in [-0.39, 0.29) is 10.8 Å². The van der Waals surface area contributed by atoms with Crippen LogP contribution in [0.25, 0.3) is 33.0 Å². The van der Waals surface area contributed by atoms with Crippen molar-refractivity contribution < 1.29 is 0 Å².